The van der Waals surface area contributed by atoms with Gasteiger partial charge in [-0.05, 0) is 37.3 Å². The molecule has 0 aliphatic heterocycles. The van der Waals surface area contributed by atoms with Crippen LogP contribution in [0.2, 0.25) is 0 Å². The van der Waals surface area contributed by atoms with Crippen LogP contribution in [0.25, 0.3) is 0 Å². The molecule has 0 heterocycles. The maximum Gasteiger partial charge on any atom is 0.0681 e. The first-order valence-corrected chi connectivity index (χ1v) is 5.66. The van der Waals surface area contributed by atoms with Crippen LogP contribution < -0.4 is 5.32 Å². The van der Waals surface area contributed by atoms with E-state index in [-0.39, 0.29) is 6.61 Å². The molecule has 82 valence electrons. The summed E-state index contributed by atoms with van der Waals surface area (Å²) in [6.45, 7) is 3.35. The van der Waals surface area contributed by atoms with E-state index in [1.807, 2.05) is 12.1 Å². The Bertz CT molecular complexity index is 314. The molecule has 2 heteroatoms. The zero-order valence-corrected chi connectivity index (χ0v) is 9.29. The summed E-state index contributed by atoms with van der Waals surface area (Å²) in [7, 11) is 0. The van der Waals surface area contributed by atoms with Crippen LogP contribution in [-0.4, -0.2) is 10.6 Å². The second-order valence-electron chi connectivity index (χ2n) is 4.74. The van der Waals surface area contributed by atoms with Crippen molar-refractivity contribution in [3.05, 3.63) is 35.4 Å². The predicted molar refractivity (Wildman–Crippen MR) is 61.5 cm³/mol. The topological polar surface area (TPSA) is 32.3 Å². The van der Waals surface area contributed by atoms with Crippen LogP contribution in [0.15, 0.2) is 24.3 Å². The molecule has 2 rings (SSSR count). The van der Waals surface area contributed by atoms with Gasteiger partial charge in [0.15, 0.2) is 0 Å². The van der Waals surface area contributed by atoms with E-state index in [4.69, 9.17) is 5.11 Å². The van der Waals surface area contributed by atoms with Gasteiger partial charge in [-0.15, -0.1) is 0 Å². The Balaban J connectivity index is 1.87. The number of hydrogen-bond donors (Lipinski definition) is 2. The number of nitrogens with one attached hydrogen (secondary N) is 1. The van der Waals surface area contributed by atoms with Crippen LogP contribution in [0.1, 0.15) is 37.3 Å². The maximum atomic E-state index is 8.92. The summed E-state index contributed by atoms with van der Waals surface area (Å²) in [5.74, 6) is 0. The molecular weight excluding hydrogens is 186 g/mol. The first-order valence-electron chi connectivity index (χ1n) is 5.66. The summed E-state index contributed by atoms with van der Waals surface area (Å²) in [6, 6.07) is 8.14. The van der Waals surface area contributed by atoms with Crippen molar-refractivity contribution in [2.75, 3.05) is 0 Å². The van der Waals surface area contributed by atoms with Crippen LogP contribution >= 0.6 is 0 Å². The zero-order chi connectivity index (χ0) is 10.7. The molecule has 1 aromatic rings. The summed E-state index contributed by atoms with van der Waals surface area (Å²) in [4.78, 5) is 0. The average Bonchev–Trinajstić information content (AvgIpc) is 2.24. The van der Waals surface area contributed by atoms with Crippen LogP contribution in [0, 0.1) is 0 Å². The summed E-state index contributed by atoms with van der Waals surface area (Å²) in [5, 5.41) is 12.5. The highest BCUT2D eigenvalue weighted by Crippen LogP contribution is 2.31. The molecular formula is C13H19NO. The van der Waals surface area contributed by atoms with Crippen molar-refractivity contribution in [3.8, 4) is 0 Å². The summed E-state index contributed by atoms with van der Waals surface area (Å²) in [6.07, 6.45) is 3.94. The first kappa shape index (κ1) is 10.7. The fourth-order valence-corrected chi connectivity index (χ4v) is 1.96. The minimum Gasteiger partial charge on any atom is -0.392 e. The van der Waals surface area contributed by atoms with Gasteiger partial charge in [0, 0.05) is 12.1 Å². The summed E-state index contributed by atoms with van der Waals surface area (Å²) in [5.41, 5.74) is 2.64. The van der Waals surface area contributed by atoms with Crippen molar-refractivity contribution in [2.24, 2.45) is 0 Å². The molecule has 2 N–H and O–H groups in total. The van der Waals surface area contributed by atoms with Crippen LogP contribution in [0.4, 0.5) is 0 Å². The molecule has 15 heavy (non-hydrogen) atoms. The van der Waals surface area contributed by atoms with Gasteiger partial charge in [-0.25, -0.2) is 0 Å². The van der Waals surface area contributed by atoms with E-state index in [0.717, 1.165) is 12.1 Å². The van der Waals surface area contributed by atoms with E-state index in [2.05, 4.69) is 24.4 Å². The molecule has 1 aromatic carbocycles. The van der Waals surface area contributed by atoms with Crippen LogP contribution in [0.5, 0.6) is 0 Å². The predicted octanol–water partition coefficient (Wildman–Crippen LogP) is 2.21. The molecule has 1 aliphatic rings. The van der Waals surface area contributed by atoms with Crippen molar-refractivity contribution in [1.82, 2.24) is 5.32 Å². The molecule has 0 aromatic heterocycles. The molecule has 1 fully saturated rings. The Morgan fingerprint density at radius 1 is 1.20 bits per heavy atom. The van der Waals surface area contributed by atoms with Gasteiger partial charge in [-0.1, -0.05) is 24.3 Å². The van der Waals surface area contributed by atoms with Crippen LogP contribution in [-0.2, 0) is 13.2 Å². The van der Waals surface area contributed by atoms with E-state index >= 15 is 0 Å². The Morgan fingerprint density at radius 3 is 2.27 bits per heavy atom. The first-order chi connectivity index (χ1) is 7.22. The minimum atomic E-state index is 0.130. The van der Waals surface area contributed by atoms with Crippen molar-refractivity contribution in [1.29, 1.82) is 0 Å². The molecule has 0 radical (unpaired) electrons. The van der Waals surface area contributed by atoms with E-state index in [1.54, 1.807) is 0 Å². The molecule has 0 atom stereocenters. The third-order valence-corrected chi connectivity index (χ3v) is 3.38. The second kappa shape index (κ2) is 4.33. The van der Waals surface area contributed by atoms with Gasteiger partial charge in [-0.3, -0.25) is 0 Å². The van der Waals surface area contributed by atoms with Gasteiger partial charge >= 0.3 is 0 Å². The number of hydrogen-bond acceptors (Lipinski definition) is 2. The zero-order valence-electron chi connectivity index (χ0n) is 9.29. The Labute approximate surface area is 91.3 Å². The number of benzene rings is 1. The van der Waals surface area contributed by atoms with E-state index < -0.39 is 0 Å². The molecule has 1 saturated carbocycles. The Kier molecular flexibility index (Phi) is 3.08. The van der Waals surface area contributed by atoms with Crippen LogP contribution in [0.3, 0.4) is 0 Å². The second-order valence-corrected chi connectivity index (χ2v) is 4.74. The van der Waals surface area contributed by atoms with Gasteiger partial charge in [0.1, 0.15) is 0 Å². The van der Waals surface area contributed by atoms with E-state index in [0.29, 0.717) is 5.54 Å². The van der Waals surface area contributed by atoms with E-state index in [9.17, 15) is 0 Å². The third kappa shape index (κ3) is 2.58. The SMILES string of the molecule is CC1(NCc2ccc(CO)cc2)CCC1. The number of aliphatic hydroxyl groups excluding tert-OH is 1. The van der Waals surface area contributed by atoms with Crippen molar-refractivity contribution < 1.29 is 5.11 Å². The largest absolute Gasteiger partial charge is 0.392 e. The lowest BCUT2D eigenvalue weighted by atomic mass is 9.78. The molecule has 2 nitrogen and oxygen atoms in total. The highest BCUT2D eigenvalue weighted by atomic mass is 16.3. The Morgan fingerprint density at radius 2 is 1.80 bits per heavy atom. The average molecular weight is 205 g/mol. The van der Waals surface area contributed by atoms with Gasteiger partial charge in [-0.2, -0.15) is 0 Å². The fraction of sp³-hybridized carbons (Fsp3) is 0.538. The fourth-order valence-electron chi connectivity index (χ4n) is 1.96. The lowest BCUT2D eigenvalue weighted by Crippen LogP contribution is -2.47. The monoisotopic (exact) mass is 205 g/mol. The normalized spacial score (nSPS) is 18.5. The smallest absolute Gasteiger partial charge is 0.0681 e. The van der Waals surface area contributed by atoms with E-state index in [1.165, 1.54) is 24.8 Å². The van der Waals surface area contributed by atoms with Gasteiger partial charge in [0.2, 0.25) is 0 Å². The molecule has 0 bridgehead atoms. The number of rotatable bonds is 4. The van der Waals surface area contributed by atoms with Gasteiger partial charge in [0.05, 0.1) is 6.61 Å². The number of aliphatic hydroxyl groups is 1. The molecule has 0 spiro atoms. The molecule has 0 unspecified atom stereocenters. The molecule has 1 aliphatic carbocycles. The van der Waals surface area contributed by atoms with Crippen molar-refractivity contribution in [3.63, 3.8) is 0 Å². The lowest BCUT2D eigenvalue weighted by Gasteiger charge is -2.39. The highest BCUT2D eigenvalue weighted by molar-refractivity contribution is 5.22. The van der Waals surface area contributed by atoms with Gasteiger partial charge in [0.25, 0.3) is 0 Å². The van der Waals surface area contributed by atoms with Crippen molar-refractivity contribution in [2.45, 2.75) is 44.9 Å². The maximum absolute atomic E-state index is 8.92. The minimum absolute atomic E-state index is 0.130. The molecule has 0 amide bonds. The highest BCUT2D eigenvalue weighted by Gasteiger charge is 2.30. The standard InChI is InChI=1S/C13H19NO/c1-13(7-2-8-13)14-9-11-3-5-12(10-15)6-4-11/h3-6,14-15H,2,7-10H2,1H3. The quantitative estimate of drug-likeness (QED) is 0.790. The third-order valence-electron chi connectivity index (χ3n) is 3.38. The van der Waals surface area contributed by atoms with Gasteiger partial charge < -0.3 is 10.4 Å². The lowest BCUT2D eigenvalue weighted by molar-refractivity contribution is 0.207. The Hall–Kier alpha value is -0.860. The van der Waals surface area contributed by atoms with Crippen molar-refractivity contribution >= 4 is 0 Å². The summed E-state index contributed by atoms with van der Waals surface area (Å²) < 4.78 is 0. The molecule has 0 saturated heterocycles. The summed E-state index contributed by atoms with van der Waals surface area (Å²) >= 11 is 0.